The highest BCUT2D eigenvalue weighted by Crippen LogP contribution is 2.23. The zero-order chi connectivity index (χ0) is 23.3. The number of hydrogen-bond donors (Lipinski definition) is 4. The number of nitro groups is 1. The number of rotatable bonds is 5. The first-order valence-electron chi connectivity index (χ1n) is 8.40. The van der Waals surface area contributed by atoms with Gasteiger partial charge in [0.15, 0.2) is 0 Å². The molecule has 13 heteroatoms. The summed E-state index contributed by atoms with van der Waals surface area (Å²) in [5, 5.41) is 17.5. The predicted octanol–water partition coefficient (Wildman–Crippen LogP) is 0.780. The third-order valence-electron chi connectivity index (χ3n) is 3.17. The summed E-state index contributed by atoms with van der Waals surface area (Å²) in [4.78, 5) is 39.6. The first-order chi connectivity index (χ1) is 14.2. The van der Waals surface area contributed by atoms with Gasteiger partial charge in [0.05, 0.1) is 35.7 Å². The van der Waals surface area contributed by atoms with Crippen LogP contribution in [0, 0.1) is 10.1 Å². The zero-order valence-electron chi connectivity index (χ0n) is 16.7. The molecule has 30 heavy (non-hydrogen) atoms. The predicted molar refractivity (Wildman–Crippen MR) is 108 cm³/mol. The number of aliphatic hydroxyl groups excluding tert-OH is 1. The Morgan fingerprint density at radius 2 is 1.37 bits per heavy atom. The molecule has 2 aromatic rings. The molecule has 7 N–H and O–H groups in total. The zero-order valence-corrected chi connectivity index (χ0v) is 16.7. The molecule has 0 fully saturated rings. The van der Waals surface area contributed by atoms with Crippen LogP contribution in [-0.2, 0) is 9.47 Å². The quantitative estimate of drug-likeness (QED) is 0.297. The monoisotopic (exact) mass is 424 g/mol. The Balaban J connectivity index is 0.000000522. The highest BCUT2D eigenvalue weighted by atomic mass is 16.6. The number of pyridine rings is 2. The average Bonchev–Trinajstić information content (AvgIpc) is 2.72. The number of nitrogens with two attached hydrogens (primary N) is 3. The van der Waals surface area contributed by atoms with Crippen LogP contribution < -0.4 is 17.2 Å². The maximum absolute atomic E-state index is 11.3. The Bertz CT molecular complexity index is 876. The number of hydrogen-bond acceptors (Lipinski definition) is 12. The van der Waals surface area contributed by atoms with E-state index < -0.39 is 22.5 Å². The summed E-state index contributed by atoms with van der Waals surface area (Å²) in [5.41, 5.74) is 16.4. The van der Waals surface area contributed by atoms with E-state index >= 15 is 0 Å². The van der Waals surface area contributed by atoms with Crippen molar-refractivity contribution in [2.45, 2.75) is 13.8 Å². The van der Waals surface area contributed by atoms with E-state index in [1.54, 1.807) is 13.8 Å². The van der Waals surface area contributed by atoms with Crippen LogP contribution in [0.25, 0.3) is 0 Å². The average molecular weight is 424 g/mol. The van der Waals surface area contributed by atoms with Gasteiger partial charge >= 0.3 is 17.6 Å². The Morgan fingerprint density at radius 3 is 1.80 bits per heavy atom. The van der Waals surface area contributed by atoms with E-state index in [0.717, 1.165) is 19.5 Å². The van der Waals surface area contributed by atoms with E-state index in [2.05, 4.69) is 14.7 Å². The number of carbonyl (C=O) groups is 2. The minimum atomic E-state index is -0.716. The van der Waals surface area contributed by atoms with Crippen LogP contribution in [-0.4, -0.2) is 52.3 Å². The number of anilines is 3. The van der Waals surface area contributed by atoms with E-state index in [0.29, 0.717) is 6.61 Å². The second kappa shape index (κ2) is 13.2. The van der Waals surface area contributed by atoms with Gasteiger partial charge in [-0.25, -0.2) is 9.59 Å². The third-order valence-corrected chi connectivity index (χ3v) is 3.17. The number of esters is 2. The number of carbonyl (C=O) groups excluding carboxylic acids is 2. The molecule has 13 nitrogen and oxygen atoms in total. The van der Waals surface area contributed by atoms with Gasteiger partial charge in [0.25, 0.3) is 0 Å². The van der Waals surface area contributed by atoms with Crippen molar-refractivity contribution in [1.29, 1.82) is 0 Å². The molecule has 0 atom stereocenters. The van der Waals surface area contributed by atoms with Crippen molar-refractivity contribution >= 4 is 34.7 Å². The fourth-order valence-corrected chi connectivity index (χ4v) is 1.83. The Hall–Kier alpha value is -4.00. The van der Waals surface area contributed by atoms with Gasteiger partial charge in [-0.2, -0.15) is 0 Å². The van der Waals surface area contributed by atoms with Crippen LogP contribution in [0.2, 0.25) is 0 Å². The lowest BCUT2D eigenvalue weighted by atomic mass is 10.2. The SMILES string of the molecule is CCOC(=O)c1cncc(N)c1N.CCOC(=O)c1cncc([N+](=O)[O-])c1N.CO. The van der Waals surface area contributed by atoms with Crippen LogP contribution >= 0.6 is 0 Å². The molecule has 0 aromatic carbocycles. The van der Waals surface area contributed by atoms with E-state index in [4.69, 9.17) is 27.0 Å². The molecule has 0 amide bonds. The molecular formula is C17H24N6O7. The lowest BCUT2D eigenvalue weighted by molar-refractivity contribution is -0.384. The normalized spacial score (nSPS) is 9.20. The van der Waals surface area contributed by atoms with Crippen molar-refractivity contribution in [2.75, 3.05) is 37.5 Å². The van der Waals surface area contributed by atoms with Gasteiger partial charge in [0, 0.05) is 19.5 Å². The number of nitrogens with zero attached hydrogens (tertiary/aromatic N) is 3. The largest absolute Gasteiger partial charge is 0.462 e. The lowest BCUT2D eigenvalue weighted by Crippen LogP contribution is -2.10. The molecule has 0 saturated carbocycles. The van der Waals surface area contributed by atoms with Crippen molar-refractivity contribution in [3.8, 4) is 0 Å². The minimum Gasteiger partial charge on any atom is -0.462 e. The van der Waals surface area contributed by atoms with Gasteiger partial charge in [-0.15, -0.1) is 0 Å². The summed E-state index contributed by atoms with van der Waals surface area (Å²) in [6.45, 7) is 3.81. The van der Waals surface area contributed by atoms with Crippen LogP contribution in [0.3, 0.4) is 0 Å². The molecule has 2 aromatic heterocycles. The smallest absolute Gasteiger partial charge is 0.342 e. The van der Waals surface area contributed by atoms with E-state index in [-0.39, 0.29) is 34.8 Å². The molecule has 0 aliphatic rings. The first kappa shape index (κ1) is 26.0. The van der Waals surface area contributed by atoms with E-state index in [1.165, 1.54) is 12.4 Å². The molecule has 0 radical (unpaired) electrons. The third kappa shape index (κ3) is 7.20. The van der Waals surface area contributed by atoms with Gasteiger partial charge in [-0.1, -0.05) is 0 Å². The molecule has 0 unspecified atom stereocenters. The standard InChI is InChI=1S/C8H9N3O4.C8H11N3O2.CH4O/c1-2-15-8(12)5-3-10-4-6(7(5)9)11(13)14;1-2-13-8(12)5-3-11-4-6(9)7(5)10;1-2/h3-4H,2H2,1H3,(H2,9,10);3-4H,2,9H2,1H3,(H2,10,11);2H,1H3. The van der Waals surface area contributed by atoms with Crippen LogP contribution in [0.5, 0.6) is 0 Å². The Kier molecular flexibility index (Phi) is 11.5. The van der Waals surface area contributed by atoms with Crippen molar-refractivity contribution < 1.29 is 29.1 Å². The van der Waals surface area contributed by atoms with E-state index in [9.17, 15) is 19.7 Å². The second-order valence-electron chi connectivity index (χ2n) is 5.01. The molecule has 164 valence electrons. The van der Waals surface area contributed by atoms with E-state index in [1.807, 2.05) is 0 Å². The summed E-state index contributed by atoms with van der Waals surface area (Å²) in [6.07, 6.45) is 4.85. The summed E-state index contributed by atoms with van der Waals surface area (Å²) in [7, 11) is 1.00. The maximum Gasteiger partial charge on any atom is 0.342 e. The summed E-state index contributed by atoms with van der Waals surface area (Å²) < 4.78 is 9.41. The van der Waals surface area contributed by atoms with Crippen LogP contribution in [0.4, 0.5) is 22.7 Å². The number of aliphatic hydroxyl groups is 1. The van der Waals surface area contributed by atoms with Crippen molar-refractivity contribution in [1.82, 2.24) is 9.97 Å². The van der Waals surface area contributed by atoms with Crippen molar-refractivity contribution in [3.05, 3.63) is 46.0 Å². The van der Waals surface area contributed by atoms with Gasteiger partial charge in [-0.05, 0) is 13.8 Å². The minimum absolute atomic E-state index is 0.0916. The van der Waals surface area contributed by atoms with Gasteiger partial charge in [0.2, 0.25) is 0 Å². The van der Waals surface area contributed by atoms with Gasteiger partial charge in [0.1, 0.15) is 23.0 Å². The molecule has 0 aliphatic heterocycles. The molecule has 2 heterocycles. The van der Waals surface area contributed by atoms with Gasteiger partial charge < -0.3 is 31.8 Å². The van der Waals surface area contributed by atoms with Crippen LogP contribution in [0.1, 0.15) is 34.6 Å². The topological polar surface area (TPSA) is 220 Å². The fourth-order valence-electron chi connectivity index (χ4n) is 1.83. The molecular weight excluding hydrogens is 400 g/mol. The molecule has 0 saturated heterocycles. The Labute approximate surface area is 172 Å². The summed E-state index contributed by atoms with van der Waals surface area (Å²) in [5.74, 6) is -1.22. The molecule has 0 spiro atoms. The number of ether oxygens (including phenoxy) is 2. The highest BCUT2D eigenvalue weighted by Gasteiger charge is 2.20. The summed E-state index contributed by atoms with van der Waals surface area (Å²) >= 11 is 0. The molecule has 0 bridgehead atoms. The van der Waals surface area contributed by atoms with Crippen LogP contribution in [0.15, 0.2) is 24.8 Å². The fraction of sp³-hybridized carbons (Fsp3) is 0.294. The lowest BCUT2D eigenvalue weighted by Gasteiger charge is -2.05. The molecule has 0 aliphatic carbocycles. The van der Waals surface area contributed by atoms with Crippen molar-refractivity contribution in [3.63, 3.8) is 0 Å². The Morgan fingerprint density at radius 1 is 0.933 bits per heavy atom. The maximum atomic E-state index is 11.3. The van der Waals surface area contributed by atoms with Crippen molar-refractivity contribution in [2.24, 2.45) is 0 Å². The van der Waals surface area contributed by atoms with Gasteiger partial charge in [-0.3, -0.25) is 20.1 Å². The number of nitrogen functional groups attached to an aromatic ring is 3. The number of aromatic nitrogens is 2. The summed E-state index contributed by atoms with van der Waals surface area (Å²) in [6, 6.07) is 0. The second-order valence-corrected chi connectivity index (χ2v) is 5.01. The molecule has 2 rings (SSSR count). The highest BCUT2D eigenvalue weighted by molar-refractivity contribution is 5.97. The first-order valence-corrected chi connectivity index (χ1v) is 8.40.